The third kappa shape index (κ3) is 3.01. The molecule has 0 amide bonds. The van der Waals surface area contributed by atoms with E-state index in [0.717, 1.165) is 18.0 Å². The predicted octanol–water partition coefficient (Wildman–Crippen LogP) is 1.20. The zero-order valence-corrected chi connectivity index (χ0v) is 11.0. The molecular formula is C14H27N3. The Hall–Kier alpha value is -0.120. The normalized spacial score (nSPS) is 36.0. The average Bonchev–Trinajstić information content (AvgIpc) is 3.09. The van der Waals surface area contributed by atoms with Gasteiger partial charge in [0.2, 0.25) is 0 Å². The van der Waals surface area contributed by atoms with E-state index in [9.17, 15) is 0 Å². The predicted molar refractivity (Wildman–Crippen MR) is 71.2 cm³/mol. The summed E-state index contributed by atoms with van der Waals surface area (Å²) in [6, 6.07) is 1.68. The van der Waals surface area contributed by atoms with E-state index in [4.69, 9.17) is 0 Å². The Kier molecular flexibility index (Phi) is 3.99. The molecule has 3 nitrogen and oxygen atoms in total. The molecule has 0 radical (unpaired) electrons. The van der Waals surface area contributed by atoms with Crippen molar-refractivity contribution in [3.8, 4) is 0 Å². The zero-order valence-electron chi connectivity index (χ0n) is 11.0. The second-order valence-corrected chi connectivity index (χ2v) is 6.19. The quantitative estimate of drug-likeness (QED) is 0.769. The molecule has 0 spiro atoms. The fraction of sp³-hybridized carbons (Fsp3) is 1.00. The molecule has 0 aromatic carbocycles. The lowest BCUT2D eigenvalue weighted by Crippen LogP contribution is -2.37. The Labute approximate surface area is 105 Å². The number of likely N-dealkylation sites (tertiary alicyclic amines) is 1. The van der Waals surface area contributed by atoms with E-state index < -0.39 is 0 Å². The summed E-state index contributed by atoms with van der Waals surface area (Å²) in [4.78, 5) is 2.77. The van der Waals surface area contributed by atoms with Crippen LogP contribution in [0.4, 0.5) is 0 Å². The van der Waals surface area contributed by atoms with Gasteiger partial charge in [-0.1, -0.05) is 12.8 Å². The number of nitrogens with one attached hydrogen (secondary N) is 2. The van der Waals surface area contributed by atoms with Gasteiger partial charge in [-0.05, 0) is 51.2 Å². The molecule has 1 aliphatic carbocycles. The van der Waals surface area contributed by atoms with Gasteiger partial charge in [-0.15, -0.1) is 0 Å². The number of rotatable bonds is 4. The van der Waals surface area contributed by atoms with Crippen LogP contribution in [0.15, 0.2) is 0 Å². The summed E-state index contributed by atoms with van der Waals surface area (Å²) >= 11 is 0. The van der Waals surface area contributed by atoms with Crippen molar-refractivity contribution in [2.75, 3.05) is 32.7 Å². The van der Waals surface area contributed by atoms with Crippen LogP contribution in [0.2, 0.25) is 0 Å². The van der Waals surface area contributed by atoms with E-state index in [1.807, 2.05) is 0 Å². The van der Waals surface area contributed by atoms with E-state index in [0.29, 0.717) is 0 Å². The smallest absolute Gasteiger partial charge is 0.0204 e. The lowest BCUT2D eigenvalue weighted by Gasteiger charge is -2.23. The topological polar surface area (TPSA) is 27.3 Å². The van der Waals surface area contributed by atoms with Crippen molar-refractivity contribution in [1.29, 1.82) is 0 Å². The first-order valence-corrected chi connectivity index (χ1v) is 7.60. The first-order valence-electron chi connectivity index (χ1n) is 7.60. The maximum Gasteiger partial charge on any atom is 0.0204 e. The Bertz CT molecular complexity index is 232. The Morgan fingerprint density at radius 1 is 1.12 bits per heavy atom. The number of hydrogen-bond donors (Lipinski definition) is 2. The highest BCUT2D eigenvalue weighted by Crippen LogP contribution is 2.28. The molecule has 3 aliphatic rings. The minimum absolute atomic E-state index is 0.746. The minimum atomic E-state index is 0.746. The maximum absolute atomic E-state index is 3.75. The molecule has 17 heavy (non-hydrogen) atoms. The molecule has 98 valence electrons. The first-order chi connectivity index (χ1) is 8.42. The van der Waals surface area contributed by atoms with Gasteiger partial charge in [0.15, 0.2) is 0 Å². The standard InChI is InChI=1S/C14H27N3/c1-2-4-14(3-1)17-8-6-12(11-17)9-16-13-5-7-15-10-13/h12-16H,1-11H2/t12-,13-/m1/s1. The highest BCUT2D eigenvalue weighted by Gasteiger charge is 2.30. The molecule has 2 heterocycles. The Morgan fingerprint density at radius 2 is 2.00 bits per heavy atom. The average molecular weight is 237 g/mol. The lowest BCUT2D eigenvalue weighted by atomic mass is 10.1. The number of hydrogen-bond acceptors (Lipinski definition) is 3. The molecule has 3 rings (SSSR count). The fourth-order valence-corrected chi connectivity index (χ4v) is 3.79. The molecule has 2 saturated heterocycles. The number of nitrogens with zero attached hydrogens (tertiary/aromatic N) is 1. The largest absolute Gasteiger partial charge is 0.315 e. The molecule has 0 aromatic heterocycles. The van der Waals surface area contributed by atoms with Gasteiger partial charge >= 0.3 is 0 Å². The van der Waals surface area contributed by atoms with Gasteiger partial charge in [0, 0.05) is 25.2 Å². The van der Waals surface area contributed by atoms with Gasteiger partial charge < -0.3 is 15.5 Å². The van der Waals surface area contributed by atoms with E-state index in [1.54, 1.807) is 0 Å². The molecule has 0 bridgehead atoms. The van der Waals surface area contributed by atoms with Crippen LogP contribution in [-0.4, -0.2) is 49.7 Å². The molecule has 2 atom stereocenters. The molecule has 0 aromatic rings. The summed E-state index contributed by atoms with van der Waals surface area (Å²) in [5, 5.41) is 7.17. The van der Waals surface area contributed by atoms with E-state index in [2.05, 4.69) is 15.5 Å². The first kappa shape index (κ1) is 11.9. The molecule has 1 saturated carbocycles. The molecule has 2 aliphatic heterocycles. The van der Waals surface area contributed by atoms with E-state index in [-0.39, 0.29) is 0 Å². The molecule has 3 fully saturated rings. The maximum atomic E-state index is 3.75. The zero-order chi connectivity index (χ0) is 11.5. The van der Waals surface area contributed by atoms with E-state index >= 15 is 0 Å². The van der Waals surface area contributed by atoms with Gasteiger partial charge in [-0.2, -0.15) is 0 Å². The fourth-order valence-electron chi connectivity index (χ4n) is 3.79. The SMILES string of the molecule is C1CCC(N2CC[C@H](CN[C@@H]3CCNC3)C2)C1. The van der Waals surface area contributed by atoms with Crippen LogP contribution in [-0.2, 0) is 0 Å². The Balaban J connectivity index is 1.38. The second-order valence-electron chi connectivity index (χ2n) is 6.19. The summed E-state index contributed by atoms with van der Waals surface area (Å²) < 4.78 is 0. The van der Waals surface area contributed by atoms with Crippen LogP contribution in [0.25, 0.3) is 0 Å². The lowest BCUT2D eigenvalue weighted by molar-refractivity contribution is 0.236. The minimum Gasteiger partial charge on any atom is -0.315 e. The molecule has 0 unspecified atom stereocenters. The monoisotopic (exact) mass is 237 g/mol. The van der Waals surface area contributed by atoms with E-state index in [1.165, 1.54) is 71.2 Å². The van der Waals surface area contributed by atoms with Crippen LogP contribution < -0.4 is 10.6 Å². The summed E-state index contributed by atoms with van der Waals surface area (Å²) in [5.41, 5.74) is 0. The molecule has 3 heteroatoms. The van der Waals surface area contributed by atoms with Gasteiger partial charge in [0.1, 0.15) is 0 Å². The third-order valence-corrected chi connectivity index (χ3v) is 4.91. The molecular weight excluding hydrogens is 210 g/mol. The van der Waals surface area contributed by atoms with Crippen LogP contribution in [0, 0.1) is 5.92 Å². The third-order valence-electron chi connectivity index (χ3n) is 4.91. The van der Waals surface area contributed by atoms with Crippen molar-refractivity contribution in [1.82, 2.24) is 15.5 Å². The highest BCUT2D eigenvalue weighted by molar-refractivity contribution is 4.86. The summed E-state index contributed by atoms with van der Waals surface area (Å²) in [6.45, 7) is 6.35. The van der Waals surface area contributed by atoms with Crippen LogP contribution >= 0.6 is 0 Å². The van der Waals surface area contributed by atoms with Crippen LogP contribution in [0.3, 0.4) is 0 Å². The second kappa shape index (κ2) is 5.68. The van der Waals surface area contributed by atoms with Crippen molar-refractivity contribution < 1.29 is 0 Å². The Morgan fingerprint density at radius 3 is 2.76 bits per heavy atom. The van der Waals surface area contributed by atoms with Crippen molar-refractivity contribution in [3.63, 3.8) is 0 Å². The summed E-state index contributed by atoms with van der Waals surface area (Å²) in [7, 11) is 0. The summed E-state index contributed by atoms with van der Waals surface area (Å²) in [6.07, 6.45) is 8.61. The van der Waals surface area contributed by atoms with Gasteiger partial charge in [0.25, 0.3) is 0 Å². The van der Waals surface area contributed by atoms with Crippen LogP contribution in [0.5, 0.6) is 0 Å². The van der Waals surface area contributed by atoms with Gasteiger partial charge in [-0.3, -0.25) is 0 Å². The van der Waals surface area contributed by atoms with Gasteiger partial charge in [-0.25, -0.2) is 0 Å². The van der Waals surface area contributed by atoms with Crippen molar-refractivity contribution >= 4 is 0 Å². The van der Waals surface area contributed by atoms with Crippen molar-refractivity contribution in [2.24, 2.45) is 5.92 Å². The van der Waals surface area contributed by atoms with Crippen LogP contribution in [0.1, 0.15) is 38.5 Å². The molecule has 2 N–H and O–H groups in total. The highest BCUT2D eigenvalue weighted by atomic mass is 15.2. The van der Waals surface area contributed by atoms with Crippen molar-refractivity contribution in [2.45, 2.75) is 50.6 Å². The summed E-state index contributed by atoms with van der Waals surface area (Å²) in [5.74, 6) is 0.913. The van der Waals surface area contributed by atoms with Crippen molar-refractivity contribution in [3.05, 3.63) is 0 Å². The van der Waals surface area contributed by atoms with Gasteiger partial charge in [0.05, 0.1) is 0 Å².